The first-order chi connectivity index (χ1) is 11.4. The molecule has 0 radical (unpaired) electrons. The largest absolute Gasteiger partial charge is 0.497 e. The van der Waals surface area contributed by atoms with Gasteiger partial charge >= 0.3 is 0 Å². The minimum atomic E-state index is -3.41. The summed E-state index contributed by atoms with van der Waals surface area (Å²) >= 11 is 0. The van der Waals surface area contributed by atoms with Crippen molar-refractivity contribution < 1.29 is 22.4 Å². The number of carbonyl (C=O) groups excluding carboxylic acids is 1. The molecule has 0 atom stereocenters. The Balaban J connectivity index is 1.90. The Morgan fingerprint density at radius 1 is 1.25 bits per heavy atom. The molecular weight excluding hydrogens is 332 g/mol. The molecule has 24 heavy (non-hydrogen) atoms. The van der Waals surface area contributed by atoms with Crippen molar-refractivity contribution in [3.63, 3.8) is 0 Å². The fraction of sp³-hybridized carbons (Fsp3) is 0.312. The zero-order chi connectivity index (χ0) is 17.6. The van der Waals surface area contributed by atoms with Crippen LogP contribution in [0.2, 0.25) is 0 Å². The molecule has 8 heteroatoms. The van der Waals surface area contributed by atoms with Gasteiger partial charge in [0.2, 0.25) is 10.0 Å². The van der Waals surface area contributed by atoms with Gasteiger partial charge in [0.15, 0.2) is 0 Å². The third-order valence-corrected chi connectivity index (χ3v) is 4.63. The van der Waals surface area contributed by atoms with Gasteiger partial charge in [0, 0.05) is 18.7 Å². The van der Waals surface area contributed by atoms with E-state index in [9.17, 15) is 13.2 Å². The van der Waals surface area contributed by atoms with Crippen molar-refractivity contribution in [3.8, 4) is 5.75 Å². The van der Waals surface area contributed by atoms with Gasteiger partial charge in [-0.1, -0.05) is 0 Å². The maximum atomic E-state index is 12.1. The maximum absolute atomic E-state index is 12.1. The lowest BCUT2D eigenvalue weighted by atomic mass is 10.2. The van der Waals surface area contributed by atoms with E-state index in [0.29, 0.717) is 17.1 Å². The van der Waals surface area contributed by atoms with Gasteiger partial charge in [-0.2, -0.15) is 4.31 Å². The molecule has 0 aliphatic heterocycles. The van der Waals surface area contributed by atoms with Gasteiger partial charge in [0.05, 0.1) is 26.2 Å². The van der Waals surface area contributed by atoms with Crippen molar-refractivity contribution in [2.75, 3.05) is 26.5 Å². The summed E-state index contributed by atoms with van der Waals surface area (Å²) in [7, 11) is -1.86. The number of hydrogen-bond acceptors (Lipinski definition) is 5. The normalized spacial score (nSPS) is 11.5. The molecule has 0 fully saturated rings. The van der Waals surface area contributed by atoms with E-state index in [2.05, 4.69) is 5.32 Å². The van der Waals surface area contributed by atoms with E-state index < -0.39 is 10.0 Å². The van der Waals surface area contributed by atoms with Crippen LogP contribution < -0.4 is 10.1 Å². The summed E-state index contributed by atoms with van der Waals surface area (Å²) in [5.41, 5.74) is 0.479. The SMILES string of the molecule is COc1ccc(C(=O)NCCN(Cc2ccco2)S(C)(=O)=O)cc1. The molecule has 2 rings (SSSR count). The Hall–Kier alpha value is -2.32. The van der Waals surface area contributed by atoms with E-state index in [1.54, 1.807) is 43.5 Å². The highest BCUT2D eigenvalue weighted by Crippen LogP contribution is 2.11. The second-order valence-corrected chi connectivity index (χ2v) is 7.14. The van der Waals surface area contributed by atoms with Crippen molar-refractivity contribution in [2.24, 2.45) is 0 Å². The fourth-order valence-corrected chi connectivity index (χ4v) is 2.86. The molecule has 0 aliphatic rings. The highest BCUT2D eigenvalue weighted by Gasteiger charge is 2.18. The van der Waals surface area contributed by atoms with Gasteiger partial charge in [-0.3, -0.25) is 4.79 Å². The molecular formula is C16H20N2O5S. The van der Waals surface area contributed by atoms with Crippen LogP contribution in [0.1, 0.15) is 16.1 Å². The molecule has 0 bridgehead atoms. The summed E-state index contributed by atoms with van der Waals surface area (Å²) < 4.78 is 35.1. The zero-order valence-corrected chi connectivity index (χ0v) is 14.4. The molecule has 0 saturated carbocycles. The summed E-state index contributed by atoms with van der Waals surface area (Å²) in [4.78, 5) is 12.1. The Kier molecular flexibility index (Phi) is 5.99. The number of ether oxygens (including phenoxy) is 1. The smallest absolute Gasteiger partial charge is 0.251 e. The number of amides is 1. The van der Waals surface area contributed by atoms with Crippen molar-refractivity contribution in [2.45, 2.75) is 6.54 Å². The second kappa shape index (κ2) is 7.98. The second-order valence-electron chi connectivity index (χ2n) is 5.16. The van der Waals surface area contributed by atoms with Gasteiger partial charge in [-0.25, -0.2) is 8.42 Å². The fourth-order valence-electron chi connectivity index (χ4n) is 2.08. The molecule has 1 aromatic heterocycles. The molecule has 7 nitrogen and oxygen atoms in total. The van der Waals surface area contributed by atoms with Crippen LogP contribution in [-0.2, 0) is 16.6 Å². The van der Waals surface area contributed by atoms with Crippen LogP contribution in [0.15, 0.2) is 47.1 Å². The molecule has 0 unspecified atom stereocenters. The number of furan rings is 1. The van der Waals surface area contributed by atoms with Gasteiger partial charge in [0.1, 0.15) is 11.5 Å². The highest BCUT2D eigenvalue weighted by atomic mass is 32.2. The van der Waals surface area contributed by atoms with Gasteiger partial charge < -0.3 is 14.5 Å². The number of hydrogen-bond donors (Lipinski definition) is 1. The summed E-state index contributed by atoms with van der Waals surface area (Å²) in [6.45, 7) is 0.476. The van der Waals surface area contributed by atoms with E-state index in [0.717, 1.165) is 6.26 Å². The molecule has 1 N–H and O–H groups in total. The molecule has 2 aromatic rings. The molecule has 1 aromatic carbocycles. The number of methoxy groups -OCH3 is 1. The van der Waals surface area contributed by atoms with Crippen LogP contribution in [0, 0.1) is 0 Å². The molecule has 1 amide bonds. The number of benzene rings is 1. The van der Waals surface area contributed by atoms with Crippen LogP contribution in [0.4, 0.5) is 0 Å². The van der Waals surface area contributed by atoms with Crippen molar-refractivity contribution >= 4 is 15.9 Å². The van der Waals surface area contributed by atoms with Crippen molar-refractivity contribution in [3.05, 3.63) is 54.0 Å². The van der Waals surface area contributed by atoms with E-state index in [4.69, 9.17) is 9.15 Å². The predicted molar refractivity (Wildman–Crippen MR) is 89.3 cm³/mol. The van der Waals surface area contributed by atoms with Crippen LogP contribution in [0.5, 0.6) is 5.75 Å². The molecule has 0 aliphatic carbocycles. The average Bonchev–Trinajstić information content (AvgIpc) is 3.06. The Labute approximate surface area is 141 Å². The Bertz CT molecular complexity index is 754. The first kappa shape index (κ1) is 18.0. The Morgan fingerprint density at radius 3 is 2.50 bits per heavy atom. The van der Waals surface area contributed by atoms with Gasteiger partial charge in [0.25, 0.3) is 5.91 Å². The third-order valence-electron chi connectivity index (χ3n) is 3.38. The minimum absolute atomic E-state index is 0.129. The van der Waals surface area contributed by atoms with Crippen molar-refractivity contribution in [1.29, 1.82) is 0 Å². The molecule has 130 valence electrons. The van der Waals surface area contributed by atoms with Crippen LogP contribution in [0.25, 0.3) is 0 Å². The van der Waals surface area contributed by atoms with Crippen LogP contribution >= 0.6 is 0 Å². The first-order valence-electron chi connectivity index (χ1n) is 7.30. The predicted octanol–water partition coefficient (Wildman–Crippen LogP) is 1.48. The number of rotatable bonds is 8. The summed E-state index contributed by atoms with van der Waals surface area (Å²) in [5.74, 6) is 0.930. The lowest BCUT2D eigenvalue weighted by Crippen LogP contribution is -2.37. The number of carbonyl (C=O) groups is 1. The van der Waals surface area contributed by atoms with E-state index in [1.807, 2.05) is 0 Å². The molecule has 0 saturated heterocycles. The quantitative estimate of drug-likeness (QED) is 0.777. The van der Waals surface area contributed by atoms with Gasteiger partial charge in [-0.15, -0.1) is 0 Å². The molecule has 1 heterocycles. The lowest BCUT2D eigenvalue weighted by molar-refractivity contribution is 0.0951. The standard InChI is InChI=1S/C16H20N2O5S/c1-22-14-7-5-13(6-8-14)16(19)17-9-10-18(24(2,20)21)12-15-4-3-11-23-15/h3-8,11H,9-10,12H2,1-2H3,(H,17,19). The lowest BCUT2D eigenvalue weighted by Gasteiger charge is -2.19. The average molecular weight is 352 g/mol. The third kappa shape index (κ3) is 5.10. The number of nitrogens with zero attached hydrogens (tertiary/aromatic N) is 1. The van der Waals surface area contributed by atoms with E-state index in [-0.39, 0.29) is 25.5 Å². The van der Waals surface area contributed by atoms with E-state index >= 15 is 0 Å². The number of nitrogens with one attached hydrogen (secondary N) is 1. The topological polar surface area (TPSA) is 88.8 Å². The van der Waals surface area contributed by atoms with E-state index in [1.165, 1.54) is 10.6 Å². The monoisotopic (exact) mass is 352 g/mol. The summed E-state index contributed by atoms with van der Waals surface area (Å²) in [6.07, 6.45) is 2.61. The first-order valence-corrected chi connectivity index (χ1v) is 9.15. The highest BCUT2D eigenvalue weighted by molar-refractivity contribution is 7.88. The van der Waals surface area contributed by atoms with Crippen LogP contribution in [0.3, 0.4) is 0 Å². The Morgan fingerprint density at radius 2 is 1.96 bits per heavy atom. The minimum Gasteiger partial charge on any atom is -0.497 e. The number of sulfonamides is 1. The molecule has 0 spiro atoms. The maximum Gasteiger partial charge on any atom is 0.251 e. The van der Waals surface area contributed by atoms with Crippen LogP contribution in [-0.4, -0.2) is 45.1 Å². The van der Waals surface area contributed by atoms with Gasteiger partial charge in [-0.05, 0) is 36.4 Å². The van der Waals surface area contributed by atoms with Crippen molar-refractivity contribution in [1.82, 2.24) is 9.62 Å². The zero-order valence-electron chi connectivity index (χ0n) is 13.6. The summed E-state index contributed by atoms with van der Waals surface area (Å²) in [5, 5.41) is 2.70. The summed E-state index contributed by atoms with van der Waals surface area (Å²) in [6, 6.07) is 10.1.